The van der Waals surface area contributed by atoms with Crippen LogP contribution in [0.1, 0.15) is 15.5 Å². The molecule has 0 aromatic carbocycles. The second kappa shape index (κ2) is 4.63. The Hall–Kier alpha value is -1.37. The average molecular weight is 328 g/mol. The molecule has 0 saturated carbocycles. The van der Waals surface area contributed by atoms with Gasteiger partial charge in [0.1, 0.15) is 5.69 Å². The smallest absolute Gasteiger partial charge is 0.266 e. The van der Waals surface area contributed by atoms with Crippen LogP contribution in [0.2, 0.25) is 0 Å². The van der Waals surface area contributed by atoms with Gasteiger partial charge in [-0.15, -0.1) is 11.3 Å². The number of sulfonamides is 1. The first-order valence-corrected chi connectivity index (χ1v) is 6.37. The molecule has 0 spiro atoms. The lowest BCUT2D eigenvalue weighted by Gasteiger charge is -2.07. The number of alkyl halides is 6. The normalized spacial score (nSPS) is 13.4. The van der Waals surface area contributed by atoms with Crippen molar-refractivity contribution in [1.82, 2.24) is 9.71 Å². The highest BCUT2D eigenvalue weighted by molar-refractivity contribution is 7.90. The molecule has 0 radical (unpaired) electrons. The molecule has 1 aromatic rings. The van der Waals surface area contributed by atoms with Crippen LogP contribution in [0, 0.1) is 0 Å². The number of nitrogens with one attached hydrogen (secondary N) is 1. The van der Waals surface area contributed by atoms with Crippen molar-refractivity contribution in [2.24, 2.45) is 0 Å². The van der Waals surface area contributed by atoms with E-state index < -0.39 is 38.3 Å². The summed E-state index contributed by atoms with van der Waals surface area (Å²) >= 11 is -0.0547. The van der Waals surface area contributed by atoms with E-state index in [0.717, 1.165) is 0 Å². The number of hydrogen-bond acceptors (Lipinski definition) is 5. The zero-order valence-corrected chi connectivity index (χ0v) is 9.97. The maximum absolute atomic E-state index is 12.1. The lowest BCUT2D eigenvalue weighted by Crippen LogP contribution is -2.40. The van der Waals surface area contributed by atoms with Gasteiger partial charge in [0.15, 0.2) is 5.01 Å². The van der Waals surface area contributed by atoms with Gasteiger partial charge in [0.2, 0.25) is 0 Å². The van der Waals surface area contributed by atoms with Crippen molar-refractivity contribution in [2.75, 3.05) is 0 Å². The number of thiazole rings is 1. The first-order valence-electron chi connectivity index (χ1n) is 4.01. The minimum absolute atomic E-state index is 0.0547. The lowest BCUT2D eigenvalue weighted by atomic mass is 10.5. The summed E-state index contributed by atoms with van der Waals surface area (Å²) in [6.07, 6.45) is -4.88. The van der Waals surface area contributed by atoms with E-state index in [1.165, 1.54) is 0 Å². The second-order valence-corrected chi connectivity index (χ2v) is 5.45. The molecule has 0 saturated heterocycles. The molecule has 1 aromatic heterocycles. The maximum atomic E-state index is 12.1. The highest BCUT2D eigenvalue weighted by atomic mass is 32.2. The number of rotatable bonds is 2. The summed E-state index contributed by atoms with van der Waals surface area (Å²) in [5.74, 6) is -1.90. The summed E-state index contributed by atoms with van der Waals surface area (Å²) in [6, 6.07) is 0. The molecular formula is C6H2F6N2O3S2. The zero-order chi connectivity index (χ0) is 15.1. The van der Waals surface area contributed by atoms with Crippen LogP contribution in [0.3, 0.4) is 0 Å². The van der Waals surface area contributed by atoms with Crippen LogP contribution in [0.25, 0.3) is 0 Å². The van der Waals surface area contributed by atoms with E-state index in [0.29, 0.717) is 10.1 Å². The molecule has 1 N–H and O–H groups in total. The Kier molecular flexibility index (Phi) is 3.82. The lowest BCUT2D eigenvalue weighted by molar-refractivity contribution is -0.137. The van der Waals surface area contributed by atoms with E-state index in [9.17, 15) is 39.6 Å². The molecule has 1 amide bonds. The van der Waals surface area contributed by atoms with E-state index in [-0.39, 0.29) is 11.3 Å². The SMILES string of the molecule is O=C(NS(=O)(=O)C(F)(F)F)c1csc(C(F)(F)F)n1. The Bertz CT molecular complexity index is 587. The van der Waals surface area contributed by atoms with Crippen LogP contribution >= 0.6 is 11.3 Å². The molecule has 5 nitrogen and oxygen atoms in total. The molecule has 1 rings (SSSR count). The molecule has 19 heavy (non-hydrogen) atoms. The topological polar surface area (TPSA) is 76.1 Å². The first kappa shape index (κ1) is 15.7. The quantitative estimate of drug-likeness (QED) is 0.839. The first-order chi connectivity index (χ1) is 8.34. The monoisotopic (exact) mass is 328 g/mol. The number of hydrogen-bond donors (Lipinski definition) is 1. The van der Waals surface area contributed by atoms with Gasteiger partial charge in [0.25, 0.3) is 5.91 Å². The van der Waals surface area contributed by atoms with Gasteiger partial charge in [-0.2, -0.15) is 34.8 Å². The largest absolute Gasteiger partial charge is 0.516 e. The predicted octanol–water partition coefficient (Wildman–Crippen LogP) is 1.74. The van der Waals surface area contributed by atoms with Crippen molar-refractivity contribution in [2.45, 2.75) is 11.7 Å². The number of carbonyl (C=O) groups is 1. The summed E-state index contributed by atoms with van der Waals surface area (Å²) in [7, 11) is -5.99. The van der Waals surface area contributed by atoms with Crippen LogP contribution in [0.15, 0.2) is 5.38 Å². The third-order valence-electron chi connectivity index (χ3n) is 1.51. The molecule has 0 atom stereocenters. The zero-order valence-electron chi connectivity index (χ0n) is 8.33. The van der Waals surface area contributed by atoms with Crippen molar-refractivity contribution in [3.8, 4) is 0 Å². The molecule has 0 aliphatic carbocycles. The minimum atomic E-state index is -5.99. The third kappa shape index (κ3) is 3.56. The number of aromatic nitrogens is 1. The van der Waals surface area contributed by atoms with Gasteiger partial charge in [-0.3, -0.25) is 4.79 Å². The Morgan fingerprint density at radius 2 is 1.74 bits per heavy atom. The van der Waals surface area contributed by atoms with E-state index in [2.05, 4.69) is 4.98 Å². The average Bonchev–Trinajstić information content (AvgIpc) is 2.62. The van der Waals surface area contributed by atoms with E-state index in [1.807, 2.05) is 0 Å². The van der Waals surface area contributed by atoms with Crippen molar-refractivity contribution in [3.05, 3.63) is 16.1 Å². The second-order valence-electron chi connectivity index (χ2n) is 2.92. The highest BCUT2D eigenvalue weighted by Gasteiger charge is 2.47. The predicted molar refractivity (Wildman–Crippen MR) is 49.6 cm³/mol. The van der Waals surface area contributed by atoms with Gasteiger partial charge in [0.05, 0.1) is 0 Å². The van der Waals surface area contributed by atoms with Gasteiger partial charge in [-0.25, -0.2) is 9.71 Å². The van der Waals surface area contributed by atoms with E-state index in [1.54, 1.807) is 0 Å². The van der Waals surface area contributed by atoms with Crippen LogP contribution in [-0.4, -0.2) is 24.8 Å². The molecule has 0 fully saturated rings. The maximum Gasteiger partial charge on any atom is 0.516 e. The summed E-state index contributed by atoms with van der Waals surface area (Å²) in [6.45, 7) is 0. The fraction of sp³-hybridized carbons (Fsp3) is 0.333. The highest BCUT2D eigenvalue weighted by Crippen LogP contribution is 2.31. The van der Waals surface area contributed by atoms with Crippen molar-refractivity contribution >= 4 is 27.3 Å². The molecule has 0 unspecified atom stereocenters. The molecule has 108 valence electrons. The van der Waals surface area contributed by atoms with Crippen molar-refractivity contribution in [1.29, 1.82) is 0 Å². The summed E-state index contributed by atoms with van der Waals surface area (Å²) < 4.78 is 93.7. The Morgan fingerprint density at radius 3 is 2.11 bits per heavy atom. The Balaban J connectivity index is 2.95. The van der Waals surface area contributed by atoms with Gasteiger partial charge in [0, 0.05) is 5.38 Å². The van der Waals surface area contributed by atoms with E-state index in [4.69, 9.17) is 0 Å². The number of amides is 1. The molecule has 0 aliphatic heterocycles. The molecule has 1 heterocycles. The summed E-state index contributed by atoms with van der Waals surface area (Å²) in [5.41, 5.74) is -6.84. The number of halogens is 6. The van der Waals surface area contributed by atoms with Crippen molar-refractivity contribution < 1.29 is 39.6 Å². The minimum Gasteiger partial charge on any atom is -0.266 e. The van der Waals surface area contributed by atoms with Gasteiger partial charge < -0.3 is 0 Å². The van der Waals surface area contributed by atoms with Crippen LogP contribution in [0.5, 0.6) is 0 Å². The molecule has 0 bridgehead atoms. The summed E-state index contributed by atoms with van der Waals surface area (Å²) in [5, 5.41) is -0.994. The Morgan fingerprint density at radius 1 is 1.21 bits per heavy atom. The van der Waals surface area contributed by atoms with Crippen LogP contribution in [-0.2, 0) is 16.2 Å². The number of nitrogens with zero attached hydrogens (tertiary/aromatic N) is 1. The third-order valence-corrected chi connectivity index (χ3v) is 3.46. The number of carbonyl (C=O) groups excluding carboxylic acids is 1. The standard InChI is InChI=1S/C6H2F6N2O3S2/c7-5(8,9)4-13-2(1-18-4)3(15)14-19(16,17)6(10,11)12/h1H,(H,14,15). The van der Waals surface area contributed by atoms with Gasteiger partial charge in [-0.1, -0.05) is 0 Å². The summed E-state index contributed by atoms with van der Waals surface area (Å²) in [4.78, 5) is 13.7. The molecule has 0 aliphatic rings. The fourth-order valence-electron chi connectivity index (χ4n) is 0.740. The van der Waals surface area contributed by atoms with Crippen LogP contribution in [0.4, 0.5) is 26.3 Å². The molecule has 13 heteroatoms. The molecular weight excluding hydrogens is 326 g/mol. The van der Waals surface area contributed by atoms with Gasteiger partial charge in [-0.05, 0) is 0 Å². The van der Waals surface area contributed by atoms with E-state index >= 15 is 0 Å². The fourth-order valence-corrected chi connectivity index (χ4v) is 1.87. The van der Waals surface area contributed by atoms with Gasteiger partial charge >= 0.3 is 21.7 Å². The Labute approximate surface area is 105 Å². The van der Waals surface area contributed by atoms with Crippen molar-refractivity contribution in [3.63, 3.8) is 0 Å². The van der Waals surface area contributed by atoms with Crippen LogP contribution < -0.4 is 4.72 Å².